The van der Waals surface area contributed by atoms with Gasteiger partial charge in [0.15, 0.2) is 0 Å². The topological polar surface area (TPSA) is 99.2 Å². The van der Waals surface area contributed by atoms with Gasteiger partial charge < -0.3 is 21.1 Å². The summed E-state index contributed by atoms with van der Waals surface area (Å²) < 4.78 is 27.7. The van der Waals surface area contributed by atoms with Crippen molar-refractivity contribution in [3.05, 3.63) is 89.4 Å². The summed E-state index contributed by atoms with van der Waals surface area (Å²) in [6.07, 6.45) is 7.49. The molecule has 0 aliphatic heterocycles. The van der Waals surface area contributed by atoms with Gasteiger partial charge in [0.2, 0.25) is 5.91 Å². The molecular weight excluding hydrogens is 524 g/mol. The molecule has 0 radical (unpaired) electrons. The molecule has 7 nitrogen and oxygen atoms in total. The summed E-state index contributed by atoms with van der Waals surface area (Å²) in [7, 11) is 0. The van der Waals surface area contributed by atoms with Crippen LogP contribution < -0.4 is 16.0 Å². The third-order valence-electron chi connectivity index (χ3n) is 7.92. The zero-order valence-corrected chi connectivity index (χ0v) is 24.3. The summed E-state index contributed by atoms with van der Waals surface area (Å²) in [4.78, 5) is 20.5. The third-order valence-corrected chi connectivity index (χ3v) is 7.92. The molecule has 2 atom stereocenters. The number of hydrogen-bond acceptors (Lipinski definition) is 6. The highest BCUT2D eigenvalue weighted by molar-refractivity contribution is 5.73. The Labute approximate surface area is 241 Å². The first kappa shape index (κ1) is 30.5. The van der Waals surface area contributed by atoms with Crippen LogP contribution in [0.2, 0.25) is 0 Å². The predicted molar refractivity (Wildman–Crippen MR) is 156 cm³/mol. The number of aliphatic hydroxyl groups is 1. The molecule has 1 heterocycles. The molecule has 1 aromatic heterocycles. The van der Waals surface area contributed by atoms with Crippen LogP contribution in [0.4, 0.5) is 14.6 Å². The highest BCUT2D eigenvalue weighted by Gasteiger charge is 2.38. The molecule has 9 heteroatoms. The molecule has 2 aromatic carbocycles. The van der Waals surface area contributed by atoms with Gasteiger partial charge >= 0.3 is 0 Å². The molecule has 4 N–H and O–H groups in total. The minimum atomic E-state index is -0.997. The minimum Gasteiger partial charge on any atom is -0.390 e. The third kappa shape index (κ3) is 8.30. The fraction of sp³-hybridized carbons (Fsp3) is 0.469. The second kappa shape index (κ2) is 13.0. The SMILES string of the molecule is CC(=O)NC(Cc1cc(F)cc(F)c1)C(O)CNC1(c2cccc(C(C)(C)C)c2)CCC(Nc2cnccn2)CC1. The van der Waals surface area contributed by atoms with Crippen LogP contribution in [-0.2, 0) is 22.2 Å². The summed E-state index contributed by atoms with van der Waals surface area (Å²) in [5, 5.41) is 21.2. The molecule has 0 saturated heterocycles. The van der Waals surface area contributed by atoms with Gasteiger partial charge in [-0.2, -0.15) is 0 Å². The van der Waals surface area contributed by atoms with E-state index in [0.29, 0.717) is 5.56 Å². The molecule has 220 valence electrons. The first-order valence-corrected chi connectivity index (χ1v) is 14.2. The molecule has 1 amide bonds. The fourth-order valence-electron chi connectivity index (χ4n) is 5.66. The van der Waals surface area contributed by atoms with E-state index in [9.17, 15) is 18.7 Å². The van der Waals surface area contributed by atoms with Crippen LogP contribution in [0, 0.1) is 11.6 Å². The van der Waals surface area contributed by atoms with Crippen LogP contribution in [0.5, 0.6) is 0 Å². The second-order valence-corrected chi connectivity index (χ2v) is 12.2. The highest BCUT2D eigenvalue weighted by Crippen LogP contribution is 2.39. The molecule has 4 rings (SSSR count). The summed E-state index contributed by atoms with van der Waals surface area (Å²) in [6.45, 7) is 8.11. The number of nitrogens with zero attached hydrogens (tertiary/aromatic N) is 2. The van der Waals surface area contributed by atoms with Gasteiger partial charge in [-0.25, -0.2) is 13.8 Å². The van der Waals surface area contributed by atoms with Crippen LogP contribution in [-0.4, -0.2) is 45.7 Å². The van der Waals surface area contributed by atoms with E-state index in [1.807, 2.05) is 0 Å². The fourth-order valence-corrected chi connectivity index (χ4v) is 5.66. The van der Waals surface area contributed by atoms with Crippen molar-refractivity contribution < 1.29 is 18.7 Å². The number of anilines is 1. The number of aromatic nitrogens is 2. The lowest BCUT2D eigenvalue weighted by Gasteiger charge is -2.43. The Kier molecular flexibility index (Phi) is 9.71. The van der Waals surface area contributed by atoms with Crippen LogP contribution in [0.15, 0.2) is 61.1 Å². The van der Waals surface area contributed by atoms with Crippen molar-refractivity contribution in [2.24, 2.45) is 0 Å². The molecule has 1 aliphatic carbocycles. The van der Waals surface area contributed by atoms with Crippen molar-refractivity contribution in [3.8, 4) is 0 Å². The van der Waals surface area contributed by atoms with E-state index in [1.165, 1.54) is 24.6 Å². The standard InChI is InChI=1S/C32H41F2N5O2/c1-21(40)38-28(16-22-14-25(33)18-26(34)15-22)29(41)19-37-32(24-7-5-6-23(17-24)31(2,3)4)10-8-27(9-11-32)39-30-20-35-12-13-36-30/h5-7,12-15,17-18,20,27-29,37,41H,8-11,16,19H2,1-4H3,(H,36,39)(H,38,40). The maximum atomic E-state index is 13.8. The van der Waals surface area contributed by atoms with E-state index in [4.69, 9.17) is 0 Å². The van der Waals surface area contributed by atoms with Crippen molar-refractivity contribution >= 4 is 11.7 Å². The van der Waals surface area contributed by atoms with Crippen molar-refractivity contribution in [3.63, 3.8) is 0 Å². The Bertz CT molecular complexity index is 1290. The zero-order valence-electron chi connectivity index (χ0n) is 24.3. The smallest absolute Gasteiger partial charge is 0.217 e. The number of hydrogen-bond donors (Lipinski definition) is 4. The molecule has 1 aliphatic rings. The molecule has 1 saturated carbocycles. The monoisotopic (exact) mass is 565 g/mol. The Morgan fingerprint density at radius 1 is 1.10 bits per heavy atom. The van der Waals surface area contributed by atoms with Gasteiger partial charge in [0.05, 0.1) is 18.3 Å². The van der Waals surface area contributed by atoms with Gasteiger partial charge in [0.1, 0.15) is 17.5 Å². The number of amides is 1. The number of halogens is 2. The Hall–Kier alpha value is -3.43. The van der Waals surface area contributed by atoms with E-state index in [2.05, 4.69) is 71.0 Å². The summed E-state index contributed by atoms with van der Waals surface area (Å²) in [5.74, 6) is -0.971. The average molecular weight is 566 g/mol. The molecule has 3 aromatic rings. The number of nitrogens with one attached hydrogen (secondary N) is 3. The number of carbonyl (C=O) groups excluding carboxylic acids is 1. The highest BCUT2D eigenvalue weighted by atomic mass is 19.1. The van der Waals surface area contributed by atoms with E-state index in [0.717, 1.165) is 43.1 Å². The summed E-state index contributed by atoms with van der Waals surface area (Å²) >= 11 is 0. The Balaban J connectivity index is 1.54. The number of benzene rings is 2. The van der Waals surface area contributed by atoms with Crippen molar-refractivity contribution in [2.45, 2.75) is 88.9 Å². The number of rotatable bonds is 10. The maximum absolute atomic E-state index is 13.8. The number of carbonyl (C=O) groups is 1. The maximum Gasteiger partial charge on any atom is 0.217 e. The van der Waals surface area contributed by atoms with E-state index in [1.54, 1.807) is 18.6 Å². The van der Waals surface area contributed by atoms with Gasteiger partial charge in [0, 0.05) is 43.5 Å². The lowest BCUT2D eigenvalue weighted by Crippen LogP contribution is -2.54. The van der Waals surface area contributed by atoms with Crippen LogP contribution >= 0.6 is 0 Å². The largest absolute Gasteiger partial charge is 0.390 e. The van der Waals surface area contributed by atoms with Crippen LogP contribution in [0.25, 0.3) is 0 Å². The normalized spacial score (nSPS) is 20.7. The minimum absolute atomic E-state index is 0.0296. The van der Waals surface area contributed by atoms with E-state index < -0.39 is 29.3 Å². The molecule has 2 unspecified atom stereocenters. The van der Waals surface area contributed by atoms with Crippen LogP contribution in [0.3, 0.4) is 0 Å². The summed E-state index contributed by atoms with van der Waals surface area (Å²) in [5.41, 5.74) is 2.30. The van der Waals surface area contributed by atoms with Crippen molar-refractivity contribution in [2.75, 3.05) is 11.9 Å². The second-order valence-electron chi connectivity index (χ2n) is 12.2. The molecule has 1 fully saturated rings. The van der Waals surface area contributed by atoms with Crippen LogP contribution in [0.1, 0.15) is 70.1 Å². The molecular formula is C32H41F2N5O2. The Morgan fingerprint density at radius 2 is 1.80 bits per heavy atom. The molecule has 0 bridgehead atoms. The van der Waals surface area contributed by atoms with Gasteiger partial charge in [0.25, 0.3) is 0 Å². The van der Waals surface area contributed by atoms with Gasteiger partial charge in [-0.05, 0) is 66.3 Å². The van der Waals surface area contributed by atoms with Crippen molar-refractivity contribution in [1.82, 2.24) is 20.6 Å². The van der Waals surface area contributed by atoms with E-state index in [-0.39, 0.29) is 30.3 Å². The first-order chi connectivity index (χ1) is 19.4. The Morgan fingerprint density at radius 3 is 2.41 bits per heavy atom. The zero-order chi connectivity index (χ0) is 29.6. The predicted octanol–water partition coefficient (Wildman–Crippen LogP) is 5.00. The van der Waals surface area contributed by atoms with E-state index >= 15 is 0 Å². The lowest BCUT2D eigenvalue weighted by molar-refractivity contribution is -0.120. The average Bonchev–Trinajstić information content (AvgIpc) is 2.92. The molecule has 41 heavy (non-hydrogen) atoms. The quantitative estimate of drug-likeness (QED) is 0.276. The molecule has 0 spiro atoms. The number of aliphatic hydroxyl groups excluding tert-OH is 1. The summed E-state index contributed by atoms with van der Waals surface area (Å²) in [6, 6.07) is 11.4. The van der Waals surface area contributed by atoms with Crippen molar-refractivity contribution in [1.29, 1.82) is 0 Å². The van der Waals surface area contributed by atoms with Gasteiger partial charge in [-0.15, -0.1) is 0 Å². The first-order valence-electron chi connectivity index (χ1n) is 14.2. The van der Waals surface area contributed by atoms with Gasteiger partial charge in [-0.1, -0.05) is 45.0 Å². The van der Waals surface area contributed by atoms with Gasteiger partial charge in [-0.3, -0.25) is 9.78 Å². The lowest BCUT2D eigenvalue weighted by atomic mass is 9.73.